The number of anilines is 2. The van der Waals surface area contributed by atoms with Gasteiger partial charge >= 0.3 is 0 Å². The van der Waals surface area contributed by atoms with E-state index in [1.165, 1.54) is 6.33 Å². The van der Waals surface area contributed by atoms with Gasteiger partial charge in [0.15, 0.2) is 17.0 Å². The van der Waals surface area contributed by atoms with Crippen LogP contribution in [0.1, 0.15) is 12.8 Å². The Labute approximate surface area is 165 Å². The van der Waals surface area contributed by atoms with E-state index < -0.39 is 0 Å². The Bertz CT molecular complexity index is 1160. The molecule has 8 nitrogen and oxygen atoms in total. The van der Waals surface area contributed by atoms with Gasteiger partial charge in [0, 0.05) is 24.0 Å². The SMILES string of the molecule is O=C(Nc1ccc2ncnn2c1)C1CCN(c2noc3ccc(Cl)cc23)CC1. The molecule has 0 spiro atoms. The minimum Gasteiger partial charge on any atom is -0.354 e. The van der Waals surface area contributed by atoms with E-state index in [4.69, 9.17) is 16.1 Å². The largest absolute Gasteiger partial charge is 0.354 e. The van der Waals surface area contributed by atoms with Gasteiger partial charge in [0.1, 0.15) is 6.33 Å². The standard InChI is InChI=1S/C19H17ClN6O2/c20-13-1-3-16-15(9-13)18(24-28-16)25-7-5-12(6-8-25)19(27)23-14-2-4-17-21-11-22-26(17)10-14/h1-4,9-12H,5-8H2,(H,23,27). The summed E-state index contributed by atoms with van der Waals surface area (Å²) in [7, 11) is 0. The van der Waals surface area contributed by atoms with Crippen molar-refractivity contribution in [2.75, 3.05) is 23.3 Å². The fourth-order valence-corrected chi connectivity index (χ4v) is 3.79. The summed E-state index contributed by atoms with van der Waals surface area (Å²) < 4.78 is 7.03. The van der Waals surface area contributed by atoms with Gasteiger partial charge in [0.05, 0.1) is 17.3 Å². The number of hydrogen-bond acceptors (Lipinski definition) is 6. The number of piperidine rings is 1. The quantitative estimate of drug-likeness (QED) is 0.571. The number of rotatable bonds is 3. The van der Waals surface area contributed by atoms with E-state index in [0.717, 1.165) is 42.8 Å². The van der Waals surface area contributed by atoms with Gasteiger partial charge in [-0.15, -0.1) is 0 Å². The predicted molar refractivity (Wildman–Crippen MR) is 106 cm³/mol. The van der Waals surface area contributed by atoms with Crippen molar-refractivity contribution in [3.8, 4) is 0 Å². The van der Waals surface area contributed by atoms with E-state index in [1.807, 2.05) is 24.3 Å². The molecule has 28 heavy (non-hydrogen) atoms. The van der Waals surface area contributed by atoms with E-state index in [9.17, 15) is 4.79 Å². The average molecular weight is 397 g/mol. The normalized spacial score (nSPS) is 15.4. The first-order valence-corrected chi connectivity index (χ1v) is 9.45. The first-order chi connectivity index (χ1) is 13.7. The number of halogens is 1. The van der Waals surface area contributed by atoms with Crippen molar-refractivity contribution >= 4 is 45.6 Å². The van der Waals surface area contributed by atoms with E-state index in [2.05, 4.69) is 25.5 Å². The van der Waals surface area contributed by atoms with Crippen LogP contribution < -0.4 is 10.2 Å². The molecule has 5 rings (SSSR count). The molecular formula is C19H17ClN6O2. The number of fused-ring (bicyclic) bond motifs is 2. The molecule has 0 unspecified atom stereocenters. The van der Waals surface area contributed by atoms with Gasteiger partial charge in [-0.05, 0) is 43.2 Å². The Balaban J connectivity index is 1.26. The van der Waals surface area contributed by atoms with Gasteiger partial charge in [-0.25, -0.2) is 9.50 Å². The van der Waals surface area contributed by atoms with E-state index in [1.54, 1.807) is 16.8 Å². The zero-order valence-corrected chi connectivity index (χ0v) is 15.6. The van der Waals surface area contributed by atoms with Crippen molar-refractivity contribution in [1.29, 1.82) is 0 Å². The van der Waals surface area contributed by atoms with Crippen LogP contribution in [0, 0.1) is 5.92 Å². The lowest BCUT2D eigenvalue weighted by molar-refractivity contribution is -0.120. The van der Waals surface area contributed by atoms with Crippen LogP contribution in [0.3, 0.4) is 0 Å². The van der Waals surface area contributed by atoms with Crippen molar-refractivity contribution in [2.45, 2.75) is 12.8 Å². The van der Waals surface area contributed by atoms with Crippen molar-refractivity contribution in [2.24, 2.45) is 5.92 Å². The molecule has 1 aliphatic heterocycles. The summed E-state index contributed by atoms with van der Waals surface area (Å²) in [6.07, 6.45) is 4.73. The molecule has 1 fully saturated rings. The first kappa shape index (κ1) is 17.0. The highest BCUT2D eigenvalue weighted by Crippen LogP contribution is 2.31. The summed E-state index contributed by atoms with van der Waals surface area (Å²) in [6, 6.07) is 9.13. The third-order valence-corrected chi connectivity index (χ3v) is 5.35. The van der Waals surface area contributed by atoms with Crippen LogP contribution in [0.4, 0.5) is 11.5 Å². The van der Waals surface area contributed by atoms with Gasteiger partial charge in [-0.2, -0.15) is 5.10 Å². The van der Waals surface area contributed by atoms with E-state index in [-0.39, 0.29) is 11.8 Å². The molecule has 3 aromatic heterocycles. The van der Waals surface area contributed by atoms with Crippen molar-refractivity contribution in [1.82, 2.24) is 19.8 Å². The third kappa shape index (κ3) is 3.05. The Morgan fingerprint density at radius 1 is 1.21 bits per heavy atom. The van der Waals surface area contributed by atoms with Crippen LogP contribution in [-0.2, 0) is 4.79 Å². The van der Waals surface area contributed by atoms with Crippen LogP contribution in [0.25, 0.3) is 16.6 Å². The Morgan fingerprint density at radius 3 is 2.93 bits per heavy atom. The second-order valence-corrected chi connectivity index (χ2v) is 7.31. The highest BCUT2D eigenvalue weighted by Gasteiger charge is 2.27. The van der Waals surface area contributed by atoms with E-state index >= 15 is 0 Å². The molecule has 1 aromatic carbocycles. The first-order valence-electron chi connectivity index (χ1n) is 9.07. The number of pyridine rings is 1. The molecule has 4 heterocycles. The van der Waals surface area contributed by atoms with Gasteiger partial charge < -0.3 is 14.7 Å². The summed E-state index contributed by atoms with van der Waals surface area (Å²) in [4.78, 5) is 18.9. The van der Waals surface area contributed by atoms with Crippen LogP contribution in [-0.4, -0.2) is 38.8 Å². The number of carbonyl (C=O) groups excluding carboxylic acids is 1. The van der Waals surface area contributed by atoms with Gasteiger partial charge in [0.2, 0.25) is 5.91 Å². The predicted octanol–water partition coefficient (Wildman–Crippen LogP) is 3.38. The zero-order chi connectivity index (χ0) is 19.1. The number of benzene rings is 1. The smallest absolute Gasteiger partial charge is 0.227 e. The molecular weight excluding hydrogens is 380 g/mol. The molecule has 9 heteroatoms. The molecule has 0 saturated carbocycles. The minimum atomic E-state index is -0.0514. The number of aromatic nitrogens is 4. The molecule has 142 valence electrons. The highest BCUT2D eigenvalue weighted by atomic mass is 35.5. The molecule has 1 saturated heterocycles. The van der Waals surface area contributed by atoms with Crippen LogP contribution in [0.15, 0.2) is 47.4 Å². The van der Waals surface area contributed by atoms with Gasteiger partial charge in [-0.1, -0.05) is 16.8 Å². The topological polar surface area (TPSA) is 88.6 Å². The molecule has 0 aliphatic carbocycles. The minimum absolute atomic E-state index is 0.0205. The zero-order valence-electron chi connectivity index (χ0n) is 14.9. The Morgan fingerprint density at radius 2 is 2.07 bits per heavy atom. The van der Waals surface area contributed by atoms with Crippen molar-refractivity contribution < 1.29 is 9.32 Å². The molecule has 4 aromatic rings. The number of hydrogen-bond donors (Lipinski definition) is 1. The second kappa shape index (κ2) is 6.79. The lowest BCUT2D eigenvalue weighted by Gasteiger charge is -2.31. The summed E-state index contributed by atoms with van der Waals surface area (Å²) >= 11 is 6.11. The second-order valence-electron chi connectivity index (χ2n) is 6.88. The summed E-state index contributed by atoms with van der Waals surface area (Å²) in [5.41, 5.74) is 2.16. The highest BCUT2D eigenvalue weighted by molar-refractivity contribution is 6.31. The molecule has 0 radical (unpaired) electrons. The maximum atomic E-state index is 12.7. The maximum Gasteiger partial charge on any atom is 0.227 e. The fourth-order valence-electron chi connectivity index (χ4n) is 3.61. The molecule has 1 aliphatic rings. The summed E-state index contributed by atoms with van der Waals surface area (Å²) in [5, 5.41) is 12.8. The number of nitrogens with zero attached hydrogens (tertiary/aromatic N) is 5. The Kier molecular flexibility index (Phi) is 4.12. The summed E-state index contributed by atoms with van der Waals surface area (Å²) in [6.45, 7) is 1.46. The third-order valence-electron chi connectivity index (χ3n) is 5.12. The van der Waals surface area contributed by atoms with E-state index in [0.29, 0.717) is 16.3 Å². The lowest BCUT2D eigenvalue weighted by Crippen LogP contribution is -2.38. The molecule has 0 atom stereocenters. The fraction of sp³-hybridized carbons (Fsp3) is 0.263. The lowest BCUT2D eigenvalue weighted by atomic mass is 9.95. The Hall–Kier alpha value is -3.13. The van der Waals surface area contributed by atoms with Crippen LogP contribution in [0.2, 0.25) is 5.02 Å². The van der Waals surface area contributed by atoms with Gasteiger partial charge in [0.25, 0.3) is 0 Å². The molecule has 1 amide bonds. The number of nitrogens with one attached hydrogen (secondary N) is 1. The average Bonchev–Trinajstić information content (AvgIpc) is 3.34. The van der Waals surface area contributed by atoms with Gasteiger partial charge in [-0.3, -0.25) is 4.79 Å². The number of amides is 1. The maximum absolute atomic E-state index is 12.7. The summed E-state index contributed by atoms with van der Waals surface area (Å²) in [5.74, 6) is 0.754. The van der Waals surface area contributed by atoms with Crippen molar-refractivity contribution in [3.05, 3.63) is 47.9 Å². The molecule has 0 bridgehead atoms. The van der Waals surface area contributed by atoms with Crippen molar-refractivity contribution in [3.63, 3.8) is 0 Å². The molecule has 1 N–H and O–H groups in total. The monoisotopic (exact) mass is 396 g/mol. The van der Waals surface area contributed by atoms with Crippen LogP contribution in [0.5, 0.6) is 0 Å². The van der Waals surface area contributed by atoms with Crippen LogP contribution >= 0.6 is 11.6 Å². The number of carbonyl (C=O) groups is 1.